The van der Waals surface area contributed by atoms with E-state index in [1.165, 1.54) is 0 Å². The Morgan fingerprint density at radius 1 is 1.47 bits per heavy atom. The van der Waals surface area contributed by atoms with Gasteiger partial charge in [-0.05, 0) is 18.7 Å². The molecular formula is C10H11ClN4OS. The van der Waals surface area contributed by atoms with Crippen LogP contribution in [-0.2, 0) is 4.79 Å². The average Bonchev–Trinajstić information content (AvgIpc) is 2.78. The highest BCUT2D eigenvalue weighted by Gasteiger charge is 2.12. The number of anilines is 1. The van der Waals surface area contributed by atoms with E-state index in [4.69, 9.17) is 11.6 Å². The van der Waals surface area contributed by atoms with Gasteiger partial charge < -0.3 is 10.6 Å². The van der Waals surface area contributed by atoms with Crippen molar-refractivity contribution >= 4 is 46.0 Å². The van der Waals surface area contributed by atoms with Gasteiger partial charge >= 0.3 is 0 Å². The normalized spacial score (nSPS) is 10.7. The highest BCUT2D eigenvalue weighted by Crippen LogP contribution is 2.29. The summed E-state index contributed by atoms with van der Waals surface area (Å²) in [6, 6.07) is 3.48. The van der Waals surface area contributed by atoms with Gasteiger partial charge in [0.05, 0.1) is 29.0 Å². The van der Waals surface area contributed by atoms with Crippen molar-refractivity contribution in [1.29, 1.82) is 0 Å². The average molecular weight is 271 g/mol. The fraction of sp³-hybridized carbons (Fsp3) is 0.300. The van der Waals surface area contributed by atoms with Crippen molar-refractivity contribution in [1.82, 2.24) is 14.1 Å². The molecular weight excluding hydrogens is 260 g/mol. The Kier molecular flexibility index (Phi) is 3.88. The van der Waals surface area contributed by atoms with E-state index in [9.17, 15) is 4.79 Å². The van der Waals surface area contributed by atoms with E-state index in [2.05, 4.69) is 19.4 Å². The van der Waals surface area contributed by atoms with Crippen molar-refractivity contribution < 1.29 is 4.79 Å². The molecule has 0 unspecified atom stereocenters. The minimum absolute atomic E-state index is 0.144. The highest BCUT2D eigenvalue weighted by atomic mass is 35.5. The minimum Gasteiger partial charge on any atom is -0.322 e. The zero-order chi connectivity index (χ0) is 12.3. The number of fused-ring (bicyclic) bond motifs is 1. The van der Waals surface area contributed by atoms with E-state index < -0.39 is 0 Å². The zero-order valence-electron chi connectivity index (χ0n) is 9.16. The maximum atomic E-state index is 11.6. The SMILES string of the molecule is CCNCC(=O)Nc1c(Cl)ccc2nsnc12. The zero-order valence-corrected chi connectivity index (χ0v) is 10.7. The number of hydrogen-bond acceptors (Lipinski definition) is 5. The summed E-state index contributed by atoms with van der Waals surface area (Å²) in [7, 11) is 0. The van der Waals surface area contributed by atoms with E-state index in [-0.39, 0.29) is 12.5 Å². The van der Waals surface area contributed by atoms with Crippen LogP contribution in [0.4, 0.5) is 5.69 Å². The molecule has 0 fully saturated rings. The third-order valence-electron chi connectivity index (χ3n) is 2.18. The van der Waals surface area contributed by atoms with Crippen molar-refractivity contribution in [3.05, 3.63) is 17.2 Å². The fourth-order valence-corrected chi connectivity index (χ4v) is 2.11. The Balaban J connectivity index is 2.25. The van der Waals surface area contributed by atoms with Crippen LogP contribution in [-0.4, -0.2) is 27.7 Å². The molecule has 1 amide bonds. The summed E-state index contributed by atoms with van der Waals surface area (Å²) in [6.07, 6.45) is 0. The lowest BCUT2D eigenvalue weighted by Gasteiger charge is -2.07. The van der Waals surface area contributed by atoms with E-state index in [0.29, 0.717) is 16.2 Å². The molecule has 0 saturated heterocycles. The highest BCUT2D eigenvalue weighted by molar-refractivity contribution is 7.00. The molecule has 1 heterocycles. The second-order valence-electron chi connectivity index (χ2n) is 3.38. The number of aromatic nitrogens is 2. The monoisotopic (exact) mass is 270 g/mol. The van der Waals surface area contributed by atoms with Gasteiger partial charge in [0.2, 0.25) is 5.91 Å². The minimum atomic E-state index is -0.144. The Morgan fingerprint density at radius 3 is 3.06 bits per heavy atom. The number of benzene rings is 1. The molecule has 5 nitrogen and oxygen atoms in total. The molecule has 0 aliphatic rings. The van der Waals surface area contributed by atoms with E-state index in [1.54, 1.807) is 12.1 Å². The first-order chi connectivity index (χ1) is 8.22. The third-order valence-corrected chi connectivity index (χ3v) is 3.03. The van der Waals surface area contributed by atoms with Crippen LogP contribution >= 0.6 is 23.3 Å². The van der Waals surface area contributed by atoms with Crippen LogP contribution in [0.1, 0.15) is 6.92 Å². The summed E-state index contributed by atoms with van der Waals surface area (Å²) in [5.41, 5.74) is 1.89. The number of carbonyl (C=O) groups excluding carboxylic acids is 1. The molecule has 90 valence electrons. The van der Waals surface area contributed by atoms with Gasteiger partial charge in [-0.1, -0.05) is 18.5 Å². The van der Waals surface area contributed by atoms with Gasteiger partial charge in [0.15, 0.2) is 0 Å². The van der Waals surface area contributed by atoms with Crippen molar-refractivity contribution in [3.8, 4) is 0 Å². The van der Waals surface area contributed by atoms with Crippen LogP contribution in [0, 0.1) is 0 Å². The number of nitrogens with one attached hydrogen (secondary N) is 2. The van der Waals surface area contributed by atoms with Gasteiger partial charge in [-0.25, -0.2) is 0 Å². The summed E-state index contributed by atoms with van der Waals surface area (Å²) in [6.45, 7) is 2.93. The van der Waals surface area contributed by atoms with E-state index >= 15 is 0 Å². The van der Waals surface area contributed by atoms with Crippen LogP contribution in [0.2, 0.25) is 5.02 Å². The van der Waals surface area contributed by atoms with Crippen LogP contribution in [0.25, 0.3) is 11.0 Å². The number of nitrogens with zero attached hydrogens (tertiary/aromatic N) is 2. The van der Waals surface area contributed by atoms with E-state index in [1.807, 2.05) is 6.92 Å². The Morgan fingerprint density at radius 2 is 2.29 bits per heavy atom. The molecule has 1 aromatic carbocycles. The predicted molar refractivity (Wildman–Crippen MR) is 69.6 cm³/mol. The molecule has 2 aromatic rings. The summed E-state index contributed by atoms with van der Waals surface area (Å²) in [4.78, 5) is 11.6. The molecule has 0 aliphatic carbocycles. The number of carbonyl (C=O) groups is 1. The van der Waals surface area contributed by atoms with Crippen LogP contribution in [0.15, 0.2) is 12.1 Å². The van der Waals surface area contributed by atoms with Gasteiger partial charge in [-0.2, -0.15) is 8.75 Å². The molecule has 0 radical (unpaired) electrons. The maximum absolute atomic E-state index is 11.6. The standard InChI is InChI=1S/C10H11ClN4OS/c1-2-12-5-8(16)13-9-6(11)3-4-7-10(9)15-17-14-7/h3-4,12H,2,5H2,1H3,(H,13,16). The summed E-state index contributed by atoms with van der Waals surface area (Å²) in [5, 5.41) is 6.15. The maximum Gasteiger partial charge on any atom is 0.238 e. The first-order valence-electron chi connectivity index (χ1n) is 5.13. The van der Waals surface area contributed by atoms with Crippen molar-refractivity contribution in [3.63, 3.8) is 0 Å². The molecule has 2 rings (SSSR count). The van der Waals surface area contributed by atoms with Crippen molar-refractivity contribution in [2.45, 2.75) is 6.92 Å². The summed E-state index contributed by atoms with van der Waals surface area (Å²) < 4.78 is 8.22. The fourth-order valence-electron chi connectivity index (χ4n) is 1.37. The lowest BCUT2D eigenvalue weighted by atomic mass is 10.2. The molecule has 0 spiro atoms. The molecule has 2 N–H and O–H groups in total. The van der Waals surface area contributed by atoms with Gasteiger partial charge in [0.25, 0.3) is 0 Å². The topological polar surface area (TPSA) is 66.9 Å². The van der Waals surface area contributed by atoms with Crippen LogP contribution < -0.4 is 10.6 Å². The smallest absolute Gasteiger partial charge is 0.238 e. The molecule has 0 aliphatic heterocycles. The lowest BCUT2D eigenvalue weighted by Crippen LogP contribution is -2.27. The van der Waals surface area contributed by atoms with Gasteiger partial charge in [0.1, 0.15) is 11.0 Å². The second kappa shape index (κ2) is 5.39. The largest absolute Gasteiger partial charge is 0.322 e. The Labute approximate surface area is 107 Å². The predicted octanol–water partition coefficient (Wildman–Crippen LogP) is 1.89. The molecule has 7 heteroatoms. The molecule has 0 atom stereocenters. The number of rotatable bonds is 4. The number of likely N-dealkylation sites (N-methyl/N-ethyl adjacent to an activating group) is 1. The third kappa shape index (κ3) is 2.71. The van der Waals surface area contributed by atoms with Crippen molar-refractivity contribution in [2.75, 3.05) is 18.4 Å². The lowest BCUT2D eigenvalue weighted by molar-refractivity contribution is -0.115. The Bertz CT molecular complexity index is 542. The number of amides is 1. The van der Waals surface area contributed by atoms with Crippen LogP contribution in [0.3, 0.4) is 0 Å². The Hall–Kier alpha value is -1.24. The van der Waals surface area contributed by atoms with Gasteiger partial charge in [-0.15, -0.1) is 0 Å². The molecule has 1 aromatic heterocycles. The quantitative estimate of drug-likeness (QED) is 0.890. The van der Waals surface area contributed by atoms with E-state index in [0.717, 1.165) is 23.8 Å². The van der Waals surface area contributed by atoms with Crippen molar-refractivity contribution in [2.24, 2.45) is 0 Å². The van der Waals surface area contributed by atoms with Gasteiger partial charge in [0, 0.05) is 0 Å². The first-order valence-corrected chi connectivity index (χ1v) is 6.24. The molecule has 17 heavy (non-hydrogen) atoms. The second-order valence-corrected chi connectivity index (χ2v) is 4.32. The molecule has 0 bridgehead atoms. The number of halogens is 1. The summed E-state index contributed by atoms with van der Waals surface area (Å²) >= 11 is 7.14. The first kappa shape index (κ1) is 12.2. The number of hydrogen-bond donors (Lipinski definition) is 2. The summed E-state index contributed by atoms with van der Waals surface area (Å²) in [5.74, 6) is -0.144. The van der Waals surface area contributed by atoms with Crippen LogP contribution in [0.5, 0.6) is 0 Å². The molecule has 0 saturated carbocycles. The van der Waals surface area contributed by atoms with Gasteiger partial charge in [-0.3, -0.25) is 4.79 Å².